The minimum atomic E-state index is -0.319. The van der Waals surface area contributed by atoms with Gasteiger partial charge in [0.1, 0.15) is 0 Å². The van der Waals surface area contributed by atoms with Gasteiger partial charge in [-0.15, -0.1) is 0 Å². The molecule has 98 valence electrons. The van der Waals surface area contributed by atoms with Crippen molar-refractivity contribution in [2.24, 2.45) is 5.92 Å². The van der Waals surface area contributed by atoms with Crippen LogP contribution in [0, 0.1) is 5.92 Å². The Morgan fingerprint density at radius 3 is 2.41 bits per heavy atom. The van der Waals surface area contributed by atoms with Gasteiger partial charge in [0, 0.05) is 12.6 Å². The average Bonchev–Trinajstić information content (AvgIpc) is 3.06. The molecule has 1 atom stereocenters. The van der Waals surface area contributed by atoms with E-state index in [2.05, 4.69) is 16.0 Å². The minimum absolute atomic E-state index is 0.0239. The summed E-state index contributed by atoms with van der Waals surface area (Å²) in [5.41, 5.74) is 0. The van der Waals surface area contributed by atoms with Gasteiger partial charge in [0.2, 0.25) is 11.8 Å². The van der Waals surface area contributed by atoms with Crippen molar-refractivity contribution >= 4 is 11.8 Å². The Balaban J connectivity index is 2.10. The van der Waals surface area contributed by atoms with Crippen LogP contribution in [0.25, 0.3) is 0 Å². The number of amides is 2. The molecule has 0 aliphatic heterocycles. The highest BCUT2D eigenvalue weighted by molar-refractivity contribution is 5.83. The van der Waals surface area contributed by atoms with Gasteiger partial charge in [-0.2, -0.15) is 0 Å². The molecule has 3 N–H and O–H groups in total. The summed E-state index contributed by atoms with van der Waals surface area (Å²) in [6.45, 7) is 6.71. The van der Waals surface area contributed by atoms with Crippen molar-refractivity contribution in [2.75, 3.05) is 13.1 Å². The molecule has 0 radical (unpaired) electrons. The van der Waals surface area contributed by atoms with E-state index in [1.54, 1.807) is 6.92 Å². The summed E-state index contributed by atoms with van der Waals surface area (Å²) in [5.74, 6) is 0.350. The highest BCUT2D eigenvalue weighted by Crippen LogP contribution is 2.18. The molecule has 5 heteroatoms. The van der Waals surface area contributed by atoms with E-state index in [0.29, 0.717) is 18.5 Å². The third-order valence-corrected chi connectivity index (χ3v) is 2.59. The van der Waals surface area contributed by atoms with Crippen molar-refractivity contribution in [3.05, 3.63) is 0 Å². The molecule has 1 unspecified atom stereocenters. The zero-order valence-electron chi connectivity index (χ0n) is 10.9. The van der Waals surface area contributed by atoms with Gasteiger partial charge in [-0.1, -0.05) is 13.8 Å². The van der Waals surface area contributed by atoms with E-state index in [1.165, 1.54) is 0 Å². The van der Waals surface area contributed by atoms with E-state index < -0.39 is 0 Å². The van der Waals surface area contributed by atoms with Crippen LogP contribution in [0.15, 0.2) is 0 Å². The molecule has 0 heterocycles. The fraction of sp³-hybridized carbons (Fsp3) is 0.833. The highest BCUT2D eigenvalue weighted by atomic mass is 16.2. The van der Waals surface area contributed by atoms with Crippen molar-refractivity contribution in [3.63, 3.8) is 0 Å². The first-order chi connectivity index (χ1) is 7.99. The molecule has 0 bridgehead atoms. The zero-order chi connectivity index (χ0) is 12.8. The number of carbonyl (C=O) groups is 2. The summed E-state index contributed by atoms with van der Waals surface area (Å²) in [7, 11) is 0. The topological polar surface area (TPSA) is 70.2 Å². The Hall–Kier alpha value is -1.10. The second-order valence-corrected chi connectivity index (χ2v) is 5.08. The third-order valence-electron chi connectivity index (χ3n) is 2.59. The van der Waals surface area contributed by atoms with Crippen molar-refractivity contribution in [3.8, 4) is 0 Å². The number of hydrogen-bond acceptors (Lipinski definition) is 3. The molecule has 0 aromatic heterocycles. The fourth-order valence-electron chi connectivity index (χ4n) is 1.27. The summed E-state index contributed by atoms with van der Waals surface area (Å²) in [6.07, 6.45) is 2.15. The summed E-state index contributed by atoms with van der Waals surface area (Å²) in [4.78, 5) is 23.0. The first kappa shape index (κ1) is 14.0. The maximum atomic E-state index is 11.6. The van der Waals surface area contributed by atoms with Crippen LogP contribution in [0.5, 0.6) is 0 Å². The Labute approximate surface area is 103 Å². The molecule has 5 nitrogen and oxygen atoms in total. The van der Waals surface area contributed by atoms with Crippen LogP contribution < -0.4 is 16.0 Å². The van der Waals surface area contributed by atoms with Crippen LogP contribution in [0.1, 0.15) is 33.6 Å². The molecule has 1 aliphatic carbocycles. The lowest BCUT2D eigenvalue weighted by Crippen LogP contribution is -2.46. The molecule has 2 amide bonds. The van der Waals surface area contributed by atoms with E-state index in [4.69, 9.17) is 0 Å². The first-order valence-electron chi connectivity index (χ1n) is 6.29. The Bertz CT molecular complexity index is 275. The molecule has 1 fully saturated rings. The van der Waals surface area contributed by atoms with Gasteiger partial charge in [0.25, 0.3) is 0 Å². The SMILES string of the molecule is CC(C)CNC(=O)CNC(C)C(=O)NC1CC1. The molecule has 1 aliphatic rings. The molecule has 1 rings (SSSR count). The predicted molar refractivity (Wildman–Crippen MR) is 66.5 cm³/mol. The van der Waals surface area contributed by atoms with E-state index in [1.807, 2.05) is 13.8 Å². The van der Waals surface area contributed by atoms with Crippen LogP contribution >= 0.6 is 0 Å². The largest absolute Gasteiger partial charge is 0.355 e. The van der Waals surface area contributed by atoms with E-state index in [0.717, 1.165) is 12.8 Å². The summed E-state index contributed by atoms with van der Waals surface area (Å²) in [6, 6.07) is 0.0434. The van der Waals surface area contributed by atoms with Crippen LogP contribution in [0.3, 0.4) is 0 Å². The quantitative estimate of drug-likeness (QED) is 0.588. The van der Waals surface area contributed by atoms with Crippen molar-refractivity contribution in [1.29, 1.82) is 0 Å². The molecule has 0 spiro atoms. The normalized spacial score (nSPS) is 16.7. The molecular formula is C12H23N3O2. The van der Waals surface area contributed by atoms with Gasteiger partial charge in [-0.05, 0) is 25.7 Å². The van der Waals surface area contributed by atoms with E-state index in [-0.39, 0.29) is 24.4 Å². The van der Waals surface area contributed by atoms with Crippen molar-refractivity contribution < 1.29 is 9.59 Å². The first-order valence-corrected chi connectivity index (χ1v) is 6.29. The summed E-state index contributed by atoms with van der Waals surface area (Å²) >= 11 is 0. The van der Waals surface area contributed by atoms with Gasteiger partial charge >= 0.3 is 0 Å². The minimum Gasteiger partial charge on any atom is -0.355 e. The second kappa shape index (κ2) is 6.59. The third kappa shape index (κ3) is 6.26. The Morgan fingerprint density at radius 2 is 1.88 bits per heavy atom. The summed E-state index contributed by atoms with van der Waals surface area (Å²) < 4.78 is 0. The number of nitrogens with one attached hydrogen (secondary N) is 3. The number of carbonyl (C=O) groups excluding carboxylic acids is 2. The number of rotatable bonds is 7. The Kier molecular flexibility index (Phi) is 5.41. The molecule has 0 aromatic rings. The average molecular weight is 241 g/mol. The van der Waals surface area contributed by atoms with Gasteiger partial charge in [0.05, 0.1) is 12.6 Å². The summed E-state index contributed by atoms with van der Waals surface area (Å²) in [5, 5.41) is 8.61. The fourth-order valence-corrected chi connectivity index (χ4v) is 1.27. The molecular weight excluding hydrogens is 218 g/mol. The van der Waals surface area contributed by atoms with Gasteiger partial charge in [-0.3, -0.25) is 14.9 Å². The zero-order valence-corrected chi connectivity index (χ0v) is 10.9. The van der Waals surface area contributed by atoms with Crippen LogP contribution in [0.2, 0.25) is 0 Å². The standard InChI is InChI=1S/C12H23N3O2/c1-8(2)6-14-11(16)7-13-9(3)12(17)15-10-4-5-10/h8-10,13H,4-7H2,1-3H3,(H,14,16)(H,15,17). The molecule has 0 saturated heterocycles. The van der Waals surface area contributed by atoms with Crippen LogP contribution in [-0.2, 0) is 9.59 Å². The van der Waals surface area contributed by atoms with E-state index >= 15 is 0 Å². The maximum absolute atomic E-state index is 11.6. The predicted octanol–water partition coefficient (Wildman–Crippen LogP) is 0.0153. The van der Waals surface area contributed by atoms with Gasteiger partial charge in [0.15, 0.2) is 0 Å². The second-order valence-electron chi connectivity index (χ2n) is 5.08. The smallest absolute Gasteiger partial charge is 0.237 e. The van der Waals surface area contributed by atoms with Gasteiger partial charge < -0.3 is 10.6 Å². The highest BCUT2D eigenvalue weighted by Gasteiger charge is 2.25. The van der Waals surface area contributed by atoms with Crippen LogP contribution in [0.4, 0.5) is 0 Å². The van der Waals surface area contributed by atoms with E-state index in [9.17, 15) is 9.59 Å². The lowest BCUT2D eigenvalue weighted by molar-refractivity contribution is -0.123. The Morgan fingerprint density at radius 1 is 1.24 bits per heavy atom. The molecule has 0 aromatic carbocycles. The molecule has 17 heavy (non-hydrogen) atoms. The lowest BCUT2D eigenvalue weighted by Gasteiger charge is -2.14. The van der Waals surface area contributed by atoms with Crippen molar-refractivity contribution in [1.82, 2.24) is 16.0 Å². The van der Waals surface area contributed by atoms with Crippen molar-refractivity contribution in [2.45, 2.75) is 45.7 Å². The number of hydrogen-bond donors (Lipinski definition) is 3. The maximum Gasteiger partial charge on any atom is 0.237 e. The van der Waals surface area contributed by atoms with Gasteiger partial charge in [-0.25, -0.2) is 0 Å². The lowest BCUT2D eigenvalue weighted by atomic mass is 10.2. The molecule has 1 saturated carbocycles. The monoisotopic (exact) mass is 241 g/mol. The van der Waals surface area contributed by atoms with Crippen LogP contribution in [-0.4, -0.2) is 37.0 Å².